The summed E-state index contributed by atoms with van der Waals surface area (Å²) in [6, 6.07) is 5.63. The molecule has 1 aliphatic carbocycles. The summed E-state index contributed by atoms with van der Waals surface area (Å²) < 4.78 is 42.0. The Kier molecular flexibility index (Phi) is 2.86. The van der Waals surface area contributed by atoms with Gasteiger partial charge in [0.2, 0.25) is 4.96 Å². The van der Waals surface area contributed by atoms with Gasteiger partial charge >= 0.3 is 6.36 Å². The van der Waals surface area contributed by atoms with E-state index in [4.69, 9.17) is 0 Å². The molecule has 0 radical (unpaired) electrons. The molecule has 0 amide bonds. The third kappa shape index (κ3) is 2.52. The Bertz CT molecular complexity index is 820. The van der Waals surface area contributed by atoms with E-state index in [1.807, 2.05) is 0 Å². The van der Waals surface area contributed by atoms with Crippen molar-refractivity contribution < 1.29 is 17.9 Å². The first-order valence-electron chi connectivity index (χ1n) is 6.58. The summed E-state index contributed by atoms with van der Waals surface area (Å²) in [6.07, 6.45) is -2.50. The number of alkyl halides is 3. The summed E-state index contributed by atoms with van der Waals surface area (Å²) in [5.41, 5.74) is 0.715. The Labute approximate surface area is 126 Å². The molecule has 1 saturated carbocycles. The number of aromatic nitrogens is 4. The zero-order valence-electron chi connectivity index (χ0n) is 11.0. The molecular formula is C13H9F3N4OS. The molecule has 0 spiro atoms. The SMILES string of the molecule is FC(F)(F)Oc1ccc(-c2nn3c(C4CC4)nnc3s2)cc1. The van der Waals surface area contributed by atoms with Crippen LogP contribution < -0.4 is 4.74 Å². The van der Waals surface area contributed by atoms with E-state index in [0.717, 1.165) is 18.7 Å². The van der Waals surface area contributed by atoms with Crippen LogP contribution in [0.25, 0.3) is 15.5 Å². The fourth-order valence-corrected chi connectivity index (χ4v) is 3.00. The Morgan fingerprint density at radius 1 is 1.14 bits per heavy atom. The fourth-order valence-electron chi connectivity index (χ4n) is 2.14. The van der Waals surface area contributed by atoms with Gasteiger partial charge in [-0.05, 0) is 37.1 Å². The second-order valence-electron chi connectivity index (χ2n) is 5.01. The van der Waals surface area contributed by atoms with Crippen molar-refractivity contribution in [2.45, 2.75) is 25.1 Å². The van der Waals surface area contributed by atoms with Crippen LogP contribution in [-0.4, -0.2) is 26.2 Å². The predicted molar refractivity (Wildman–Crippen MR) is 72.8 cm³/mol. The molecule has 0 unspecified atom stereocenters. The van der Waals surface area contributed by atoms with Gasteiger partial charge in [-0.2, -0.15) is 9.61 Å². The molecule has 0 saturated heterocycles. The van der Waals surface area contributed by atoms with Gasteiger partial charge in [0.15, 0.2) is 5.82 Å². The summed E-state index contributed by atoms with van der Waals surface area (Å²) in [7, 11) is 0. The summed E-state index contributed by atoms with van der Waals surface area (Å²) in [4.78, 5) is 0.688. The van der Waals surface area contributed by atoms with Crippen molar-refractivity contribution in [2.24, 2.45) is 0 Å². The highest BCUT2D eigenvalue weighted by Crippen LogP contribution is 2.40. The first kappa shape index (κ1) is 13.5. The second kappa shape index (κ2) is 4.67. The summed E-state index contributed by atoms with van der Waals surface area (Å²) in [5, 5.41) is 13.4. The van der Waals surface area contributed by atoms with E-state index in [9.17, 15) is 13.2 Å². The lowest BCUT2D eigenvalue weighted by Crippen LogP contribution is -2.16. The number of nitrogens with zero attached hydrogens (tertiary/aromatic N) is 4. The van der Waals surface area contributed by atoms with Crippen molar-refractivity contribution >= 4 is 16.3 Å². The molecule has 0 atom stereocenters. The molecule has 0 aliphatic heterocycles. The molecular weight excluding hydrogens is 317 g/mol. The van der Waals surface area contributed by atoms with E-state index in [-0.39, 0.29) is 5.75 Å². The maximum atomic E-state index is 12.1. The van der Waals surface area contributed by atoms with Gasteiger partial charge in [0.05, 0.1) is 0 Å². The summed E-state index contributed by atoms with van der Waals surface area (Å²) in [6.45, 7) is 0. The topological polar surface area (TPSA) is 52.3 Å². The van der Waals surface area contributed by atoms with Gasteiger partial charge in [-0.1, -0.05) is 11.3 Å². The normalized spacial score (nSPS) is 15.4. The van der Waals surface area contributed by atoms with Crippen LogP contribution in [0.3, 0.4) is 0 Å². The predicted octanol–water partition coefficient (Wildman–Crippen LogP) is 3.63. The Hall–Kier alpha value is -2.16. The van der Waals surface area contributed by atoms with Crippen LogP contribution in [-0.2, 0) is 0 Å². The van der Waals surface area contributed by atoms with Crippen LogP contribution in [0.15, 0.2) is 24.3 Å². The number of benzene rings is 1. The molecule has 1 aliphatic rings. The highest BCUT2D eigenvalue weighted by Gasteiger charge is 2.31. The van der Waals surface area contributed by atoms with Crippen LogP contribution in [0.5, 0.6) is 5.75 Å². The molecule has 2 aromatic heterocycles. The minimum Gasteiger partial charge on any atom is -0.406 e. The van der Waals surface area contributed by atoms with E-state index in [1.165, 1.54) is 23.5 Å². The monoisotopic (exact) mass is 326 g/mol. The van der Waals surface area contributed by atoms with Crippen LogP contribution >= 0.6 is 11.3 Å². The molecule has 22 heavy (non-hydrogen) atoms. The van der Waals surface area contributed by atoms with Crippen LogP contribution in [0.4, 0.5) is 13.2 Å². The van der Waals surface area contributed by atoms with Crippen molar-refractivity contribution in [3.8, 4) is 16.3 Å². The Morgan fingerprint density at radius 2 is 1.86 bits per heavy atom. The smallest absolute Gasteiger partial charge is 0.406 e. The van der Waals surface area contributed by atoms with Crippen LogP contribution in [0, 0.1) is 0 Å². The number of fused-ring (bicyclic) bond motifs is 1. The highest BCUT2D eigenvalue weighted by molar-refractivity contribution is 7.19. The van der Waals surface area contributed by atoms with Crippen molar-refractivity contribution in [1.29, 1.82) is 0 Å². The molecule has 1 fully saturated rings. The third-order valence-electron chi connectivity index (χ3n) is 3.29. The van der Waals surface area contributed by atoms with Crippen LogP contribution in [0.2, 0.25) is 0 Å². The summed E-state index contributed by atoms with van der Waals surface area (Å²) in [5.74, 6) is 1.03. The quantitative estimate of drug-likeness (QED) is 0.737. The Balaban J connectivity index is 1.64. The van der Waals surface area contributed by atoms with Crippen molar-refractivity contribution in [2.75, 3.05) is 0 Å². The first-order chi connectivity index (χ1) is 10.5. The van der Waals surface area contributed by atoms with E-state index < -0.39 is 6.36 Å². The molecule has 114 valence electrons. The third-order valence-corrected chi connectivity index (χ3v) is 4.24. The van der Waals surface area contributed by atoms with Gasteiger partial charge in [-0.3, -0.25) is 0 Å². The molecule has 3 aromatic rings. The van der Waals surface area contributed by atoms with Gasteiger partial charge in [0.25, 0.3) is 0 Å². The van der Waals surface area contributed by atoms with E-state index in [1.54, 1.807) is 16.6 Å². The fraction of sp³-hybridized carbons (Fsp3) is 0.308. The van der Waals surface area contributed by atoms with Crippen molar-refractivity contribution in [1.82, 2.24) is 19.8 Å². The zero-order chi connectivity index (χ0) is 15.3. The molecule has 0 N–H and O–H groups in total. The van der Waals surface area contributed by atoms with Crippen molar-refractivity contribution in [3.05, 3.63) is 30.1 Å². The van der Waals surface area contributed by atoms with E-state index >= 15 is 0 Å². The van der Waals surface area contributed by atoms with Crippen molar-refractivity contribution in [3.63, 3.8) is 0 Å². The highest BCUT2D eigenvalue weighted by atomic mass is 32.1. The Morgan fingerprint density at radius 3 is 2.50 bits per heavy atom. The zero-order valence-corrected chi connectivity index (χ0v) is 11.9. The lowest BCUT2D eigenvalue weighted by atomic mass is 10.2. The number of ether oxygens (including phenoxy) is 1. The minimum absolute atomic E-state index is 0.252. The van der Waals surface area contributed by atoms with Gasteiger partial charge < -0.3 is 4.74 Å². The van der Waals surface area contributed by atoms with Gasteiger partial charge in [-0.25, -0.2) is 0 Å². The number of hydrogen-bond donors (Lipinski definition) is 0. The maximum Gasteiger partial charge on any atom is 0.573 e. The van der Waals surface area contributed by atoms with E-state index in [2.05, 4.69) is 20.0 Å². The van der Waals surface area contributed by atoms with Gasteiger partial charge in [0, 0.05) is 11.5 Å². The lowest BCUT2D eigenvalue weighted by Gasteiger charge is -2.08. The van der Waals surface area contributed by atoms with E-state index in [0.29, 0.717) is 21.4 Å². The largest absolute Gasteiger partial charge is 0.573 e. The molecule has 0 bridgehead atoms. The molecule has 1 aromatic carbocycles. The number of halogens is 3. The lowest BCUT2D eigenvalue weighted by molar-refractivity contribution is -0.274. The minimum atomic E-state index is -4.69. The van der Waals surface area contributed by atoms with Gasteiger partial charge in [0.1, 0.15) is 10.8 Å². The van der Waals surface area contributed by atoms with Crippen LogP contribution in [0.1, 0.15) is 24.6 Å². The first-order valence-corrected chi connectivity index (χ1v) is 7.39. The number of hydrogen-bond acceptors (Lipinski definition) is 5. The second-order valence-corrected chi connectivity index (χ2v) is 5.96. The average Bonchev–Trinajstić information content (AvgIpc) is 3.07. The molecule has 9 heteroatoms. The standard InChI is InChI=1S/C13H9F3N4OS/c14-13(15,16)21-9-5-3-8(4-6-9)11-19-20-10(7-1-2-7)17-18-12(20)22-11/h3-7H,1-2H2. The number of rotatable bonds is 3. The molecule has 2 heterocycles. The molecule has 5 nitrogen and oxygen atoms in total. The molecule has 4 rings (SSSR count). The maximum absolute atomic E-state index is 12.1. The summed E-state index contributed by atoms with van der Waals surface area (Å²) >= 11 is 1.35. The average molecular weight is 326 g/mol. The van der Waals surface area contributed by atoms with Gasteiger partial charge in [-0.15, -0.1) is 23.4 Å².